The SMILES string of the molecule is CCc1ccc(C(C)SC)cc1OC. The van der Waals surface area contributed by atoms with Crippen LogP contribution in [-0.2, 0) is 6.42 Å². The molecule has 0 amide bonds. The van der Waals surface area contributed by atoms with Crippen molar-refractivity contribution in [1.29, 1.82) is 0 Å². The van der Waals surface area contributed by atoms with Crippen LogP contribution in [-0.4, -0.2) is 13.4 Å². The molecule has 0 spiro atoms. The van der Waals surface area contributed by atoms with Crippen LogP contribution in [0.4, 0.5) is 0 Å². The number of rotatable bonds is 4. The van der Waals surface area contributed by atoms with Crippen LogP contribution in [0.3, 0.4) is 0 Å². The number of thioether (sulfide) groups is 1. The molecule has 0 bridgehead atoms. The molecular formula is C12H18OS. The number of hydrogen-bond acceptors (Lipinski definition) is 2. The summed E-state index contributed by atoms with van der Waals surface area (Å²) in [4.78, 5) is 0. The first-order chi connectivity index (χ1) is 6.72. The van der Waals surface area contributed by atoms with Crippen LogP contribution in [0.5, 0.6) is 5.75 Å². The Labute approximate surface area is 90.9 Å². The minimum absolute atomic E-state index is 0.537. The Balaban J connectivity index is 3.01. The highest BCUT2D eigenvalue weighted by molar-refractivity contribution is 7.98. The molecule has 1 rings (SSSR count). The molecule has 1 aromatic carbocycles. The fraction of sp³-hybridized carbons (Fsp3) is 0.500. The van der Waals surface area contributed by atoms with E-state index in [2.05, 4.69) is 38.3 Å². The second-order valence-electron chi connectivity index (χ2n) is 3.30. The van der Waals surface area contributed by atoms with Gasteiger partial charge in [0.1, 0.15) is 5.75 Å². The first-order valence-electron chi connectivity index (χ1n) is 4.92. The first kappa shape index (κ1) is 11.4. The number of methoxy groups -OCH3 is 1. The fourth-order valence-electron chi connectivity index (χ4n) is 1.44. The molecule has 0 aliphatic heterocycles. The van der Waals surface area contributed by atoms with Gasteiger partial charge in [-0.3, -0.25) is 0 Å². The van der Waals surface area contributed by atoms with Crippen molar-refractivity contribution in [3.63, 3.8) is 0 Å². The van der Waals surface area contributed by atoms with E-state index >= 15 is 0 Å². The molecule has 0 saturated carbocycles. The molecule has 1 unspecified atom stereocenters. The molecule has 0 N–H and O–H groups in total. The van der Waals surface area contributed by atoms with E-state index < -0.39 is 0 Å². The lowest BCUT2D eigenvalue weighted by Crippen LogP contribution is -1.94. The van der Waals surface area contributed by atoms with Crippen molar-refractivity contribution in [2.45, 2.75) is 25.5 Å². The zero-order valence-corrected chi connectivity index (χ0v) is 10.1. The van der Waals surface area contributed by atoms with E-state index in [1.807, 2.05) is 11.8 Å². The van der Waals surface area contributed by atoms with Gasteiger partial charge in [0, 0.05) is 5.25 Å². The molecule has 0 aliphatic rings. The summed E-state index contributed by atoms with van der Waals surface area (Å²) in [6.45, 7) is 4.36. The Hall–Kier alpha value is -0.630. The van der Waals surface area contributed by atoms with Gasteiger partial charge < -0.3 is 4.74 Å². The average molecular weight is 210 g/mol. The quantitative estimate of drug-likeness (QED) is 0.749. The standard InChI is InChI=1S/C12H18OS/c1-5-10-6-7-11(9(2)14-4)8-12(10)13-3/h6-9H,5H2,1-4H3. The van der Waals surface area contributed by atoms with Gasteiger partial charge in [-0.15, -0.1) is 0 Å². The molecule has 0 saturated heterocycles. The van der Waals surface area contributed by atoms with Crippen molar-refractivity contribution >= 4 is 11.8 Å². The highest BCUT2D eigenvalue weighted by Crippen LogP contribution is 2.30. The predicted octanol–water partition coefficient (Wildman–Crippen LogP) is 3.68. The maximum absolute atomic E-state index is 5.36. The van der Waals surface area contributed by atoms with Gasteiger partial charge in [0.15, 0.2) is 0 Å². The highest BCUT2D eigenvalue weighted by atomic mass is 32.2. The summed E-state index contributed by atoms with van der Waals surface area (Å²) < 4.78 is 5.36. The maximum atomic E-state index is 5.36. The Morgan fingerprint density at radius 3 is 2.64 bits per heavy atom. The normalized spacial score (nSPS) is 12.6. The lowest BCUT2D eigenvalue weighted by Gasteiger charge is -2.12. The van der Waals surface area contributed by atoms with Gasteiger partial charge in [0.05, 0.1) is 7.11 Å². The molecule has 14 heavy (non-hydrogen) atoms. The summed E-state index contributed by atoms with van der Waals surface area (Å²) in [5, 5.41) is 0.537. The second-order valence-corrected chi connectivity index (χ2v) is 4.48. The van der Waals surface area contributed by atoms with Crippen LogP contribution in [0.1, 0.15) is 30.2 Å². The van der Waals surface area contributed by atoms with Gasteiger partial charge in [0.2, 0.25) is 0 Å². The summed E-state index contributed by atoms with van der Waals surface area (Å²) in [6, 6.07) is 6.52. The van der Waals surface area contributed by atoms with E-state index in [4.69, 9.17) is 4.74 Å². The largest absolute Gasteiger partial charge is 0.496 e. The maximum Gasteiger partial charge on any atom is 0.122 e. The van der Waals surface area contributed by atoms with Crippen molar-refractivity contribution in [3.05, 3.63) is 29.3 Å². The molecule has 0 fully saturated rings. The topological polar surface area (TPSA) is 9.23 Å². The molecule has 0 aromatic heterocycles. The Morgan fingerprint density at radius 2 is 2.14 bits per heavy atom. The van der Waals surface area contributed by atoms with Crippen molar-refractivity contribution < 1.29 is 4.74 Å². The van der Waals surface area contributed by atoms with Crippen LogP contribution < -0.4 is 4.74 Å². The van der Waals surface area contributed by atoms with Gasteiger partial charge in [0.25, 0.3) is 0 Å². The van der Waals surface area contributed by atoms with E-state index in [0.29, 0.717) is 5.25 Å². The zero-order valence-electron chi connectivity index (χ0n) is 9.33. The molecule has 1 aromatic rings. The molecule has 1 atom stereocenters. The lowest BCUT2D eigenvalue weighted by molar-refractivity contribution is 0.409. The van der Waals surface area contributed by atoms with Gasteiger partial charge in [-0.05, 0) is 36.8 Å². The molecular weight excluding hydrogens is 192 g/mol. The van der Waals surface area contributed by atoms with E-state index in [1.165, 1.54) is 11.1 Å². The minimum Gasteiger partial charge on any atom is -0.496 e. The van der Waals surface area contributed by atoms with Crippen molar-refractivity contribution in [3.8, 4) is 5.75 Å². The van der Waals surface area contributed by atoms with Gasteiger partial charge in [-0.1, -0.05) is 19.1 Å². The first-order valence-corrected chi connectivity index (χ1v) is 6.21. The fourth-order valence-corrected chi connectivity index (χ4v) is 1.86. The van der Waals surface area contributed by atoms with Crippen LogP contribution >= 0.6 is 11.8 Å². The number of benzene rings is 1. The van der Waals surface area contributed by atoms with Crippen molar-refractivity contribution in [1.82, 2.24) is 0 Å². The molecule has 1 nitrogen and oxygen atoms in total. The molecule has 0 radical (unpaired) electrons. The second kappa shape index (κ2) is 5.30. The molecule has 2 heteroatoms. The summed E-state index contributed by atoms with van der Waals surface area (Å²) in [5.74, 6) is 1.02. The third-order valence-electron chi connectivity index (χ3n) is 2.52. The Bertz CT molecular complexity index is 296. The van der Waals surface area contributed by atoms with E-state index in [-0.39, 0.29) is 0 Å². The van der Waals surface area contributed by atoms with Gasteiger partial charge >= 0.3 is 0 Å². The van der Waals surface area contributed by atoms with E-state index in [1.54, 1.807) is 7.11 Å². The van der Waals surface area contributed by atoms with Gasteiger partial charge in [-0.2, -0.15) is 11.8 Å². The summed E-state index contributed by atoms with van der Waals surface area (Å²) in [7, 11) is 1.74. The molecule has 78 valence electrons. The minimum atomic E-state index is 0.537. The number of hydrogen-bond donors (Lipinski definition) is 0. The lowest BCUT2D eigenvalue weighted by atomic mass is 10.1. The van der Waals surface area contributed by atoms with Crippen LogP contribution in [0, 0.1) is 0 Å². The third kappa shape index (κ3) is 2.44. The summed E-state index contributed by atoms with van der Waals surface area (Å²) in [6.07, 6.45) is 3.15. The average Bonchev–Trinajstić information content (AvgIpc) is 2.26. The van der Waals surface area contributed by atoms with E-state index in [9.17, 15) is 0 Å². The zero-order chi connectivity index (χ0) is 10.6. The number of ether oxygens (including phenoxy) is 1. The summed E-state index contributed by atoms with van der Waals surface area (Å²) in [5.41, 5.74) is 2.62. The summed E-state index contributed by atoms with van der Waals surface area (Å²) >= 11 is 1.85. The van der Waals surface area contributed by atoms with Crippen molar-refractivity contribution in [2.75, 3.05) is 13.4 Å². The predicted molar refractivity (Wildman–Crippen MR) is 64.3 cm³/mol. The third-order valence-corrected chi connectivity index (χ3v) is 3.49. The number of aryl methyl sites for hydroxylation is 1. The van der Waals surface area contributed by atoms with Crippen LogP contribution in [0.2, 0.25) is 0 Å². The molecule has 0 aliphatic carbocycles. The molecule has 0 heterocycles. The highest BCUT2D eigenvalue weighted by Gasteiger charge is 2.07. The smallest absolute Gasteiger partial charge is 0.122 e. The monoisotopic (exact) mass is 210 g/mol. The van der Waals surface area contributed by atoms with Crippen molar-refractivity contribution in [2.24, 2.45) is 0 Å². The van der Waals surface area contributed by atoms with E-state index in [0.717, 1.165) is 12.2 Å². The van der Waals surface area contributed by atoms with Crippen LogP contribution in [0.15, 0.2) is 18.2 Å². The Morgan fingerprint density at radius 1 is 1.43 bits per heavy atom. The van der Waals surface area contributed by atoms with Gasteiger partial charge in [-0.25, -0.2) is 0 Å². The van der Waals surface area contributed by atoms with Crippen LogP contribution in [0.25, 0.3) is 0 Å². The Kier molecular flexibility index (Phi) is 4.33.